The van der Waals surface area contributed by atoms with E-state index >= 15 is 0 Å². The van der Waals surface area contributed by atoms with Gasteiger partial charge in [0, 0.05) is 0 Å². The van der Waals surface area contributed by atoms with Crippen molar-refractivity contribution in [3.05, 3.63) is 59.8 Å². The molecule has 3 rings (SSSR count). The van der Waals surface area contributed by atoms with Gasteiger partial charge < -0.3 is 0 Å². The van der Waals surface area contributed by atoms with Crippen LogP contribution in [0.25, 0.3) is 10.9 Å². The van der Waals surface area contributed by atoms with Crippen LogP contribution in [0.15, 0.2) is 48.7 Å². The molecule has 4 nitrogen and oxygen atoms in total. The van der Waals surface area contributed by atoms with Crippen molar-refractivity contribution in [2.75, 3.05) is 7.05 Å². The van der Waals surface area contributed by atoms with Crippen LogP contribution in [0.2, 0.25) is 0 Å². The number of amides is 1. The maximum atomic E-state index is 11.8. The molecular weight excluding hydrogens is 341 g/mol. The van der Waals surface area contributed by atoms with Gasteiger partial charge in [-0.2, -0.15) is 0 Å². The van der Waals surface area contributed by atoms with Crippen molar-refractivity contribution in [1.29, 1.82) is 5.26 Å². The number of carbonyl (C=O) groups is 1. The molecular formula is C17H13N3OSe. The standard InChI is InChI=1S/C17H13N3OSe/c1-19-17(21)12-4-7-15-14(8-12)16(10-20-15)22-13-5-2-11(9-18)3-6-13/h2-8,10,20H,1H3,(H,19,21). The van der Waals surface area contributed by atoms with Gasteiger partial charge in [0.1, 0.15) is 0 Å². The molecule has 0 saturated heterocycles. The summed E-state index contributed by atoms with van der Waals surface area (Å²) in [7, 11) is 1.63. The van der Waals surface area contributed by atoms with Crippen LogP contribution >= 0.6 is 0 Å². The molecule has 0 spiro atoms. The fourth-order valence-corrected chi connectivity index (χ4v) is 4.13. The fourth-order valence-electron chi connectivity index (χ4n) is 2.19. The summed E-state index contributed by atoms with van der Waals surface area (Å²) < 4.78 is 2.38. The van der Waals surface area contributed by atoms with Gasteiger partial charge in [-0.25, -0.2) is 0 Å². The molecule has 22 heavy (non-hydrogen) atoms. The third-order valence-electron chi connectivity index (χ3n) is 3.34. The van der Waals surface area contributed by atoms with Crippen molar-refractivity contribution >= 4 is 40.7 Å². The second-order valence-electron chi connectivity index (χ2n) is 4.73. The molecule has 0 fully saturated rings. The summed E-state index contributed by atoms with van der Waals surface area (Å²) in [4.78, 5) is 15.0. The van der Waals surface area contributed by atoms with Gasteiger partial charge in [-0.1, -0.05) is 0 Å². The Morgan fingerprint density at radius 3 is 2.68 bits per heavy atom. The molecule has 2 aromatic carbocycles. The van der Waals surface area contributed by atoms with Crippen molar-refractivity contribution in [1.82, 2.24) is 10.3 Å². The molecule has 1 aromatic heterocycles. The van der Waals surface area contributed by atoms with E-state index in [1.54, 1.807) is 7.05 Å². The third kappa shape index (κ3) is 2.75. The Morgan fingerprint density at radius 2 is 2.00 bits per heavy atom. The number of nitriles is 1. The number of nitrogens with one attached hydrogen (secondary N) is 2. The molecule has 0 unspecified atom stereocenters. The van der Waals surface area contributed by atoms with Crippen LogP contribution in [0.4, 0.5) is 0 Å². The van der Waals surface area contributed by atoms with Crippen LogP contribution in [0.3, 0.4) is 0 Å². The van der Waals surface area contributed by atoms with E-state index in [-0.39, 0.29) is 20.9 Å². The summed E-state index contributed by atoms with van der Waals surface area (Å²) >= 11 is 0.119. The topological polar surface area (TPSA) is 68.7 Å². The molecule has 0 saturated carbocycles. The molecule has 1 amide bonds. The monoisotopic (exact) mass is 355 g/mol. The average Bonchev–Trinajstić information content (AvgIpc) is 2.97. The Labute approximate surface area is 134 Å². The van der Waals surface area contributed by atoms with Gasteiger partial charge in [-0.05, 0) is 0 Å². The average molecular weight is 354 g/mol. The summed E-state index contributed by atoms with van der Waals surface area (Å²) in [5.74, 6) is -0.0834. The van der Waals surface area contributed by atoms with Crippen molar-refractivity contribution in [2.24, 2.45) is 0 Å². The molecule has 108 valence electrons. The molecule has 0 bridgehead atoms. The van der Waals surface area contributed by atoms with Crippen LogP contribution in [-0.2, 0) is 0 Å². The summed E-state index contributed by atoms with van der Waals surface area (Å²) in [5.41, 5.74) is 2.35. The van der Waals surface area contributed by atoms with Crippen LogP contribution in [0.5, 0.6) is 0 Å². The number of carbonyl (C=O) groups excluding carboxylic acids is 1. The number of rotatable bonds is 3. The van der Waals surface area contributed by atoms with E-state index in [1.807, 2.05) is 48.7 Å². The van der Waals surface area contributed by atoms with Crippen LogP contribution < -0.4 is 14.2 Å². The molecule has 0 aliphatic rings. The van der Waals surface area contributed by atoms with Gasteiger partial charge in [0.05, 0.1) is 0 Å². The van der Waals surface area contributed by atoms with E-state index in [9.17, 15) is 4.79 Å². The first-order chi connectivity index (χ1) is 10.7. The van der Waals surface area contributed by atoms with Gasteiger partial charge in [-0.15, -0.1) is 0 Å². The van der Waals surface area contributed by atoms with E-state index in [0.717, 1.165) is 10.9 Å². The van der Waals surface area contributed by atoms with Gasteiger partial charge in [0.15, 0.2) is 0 Å². The fraction of sp³-hybridized carbons (Fsp3) is 0.0588. The Morgan fingerprint density at radius 1 is 1.23 bits per heavy atom. The van der Waals surface area contributed by atoms with E-state index < -0.39 is 0 Å². The number of H-pyrrole nitrogens is 1. The zero-order valence-corrected chi connectivity index (χ0v) is 13.6. The molecule has 2 N–H and O–H groups in total. The molecule has 3 aromatic rings. The molecule has 0 radical (unpaired) electrons. The Balaban J connectivity index is 1.96. The first-order valence-corrected chi connectivity index (χ1v) is 8.44. The second-order valence-corrected chi connectivity index (χ2v) is 7.07. The number of hydrogen-bond acceptors (Lipinski definition) is 2. The maximum absolute atomic E-state index is 11.8. The quantitative estimate of drug-likeness (QED) is 0.691. The predicted molar refractivity (Wildman–Crippen MR) is 87.9 cm³/mol. The van der Waals surface area contributed by atoms with Crippen LogP contribution in [-0.4, -0.2) is 32.9 Å². The summed E-state index contributed by atoms with van der Waals surface area (Å²) in [6.45, 7) is 0. The summed E-state index contributed by atoms with van der Waals surface area (Å²) in [6, 6.07) is 15.4. The Bertz CT molecular complexity index is 875. The molecule has 1 heterocycles. The van der Waals surface area contributed by atoms with Gasteiger partial charge in [-0.3, -0.25) is 0 Å². The number of fused-ring (bicyclic) bond motifs is 1. The number of aromatic nitrogens is 1. The van der Waals surface area contributed by atoms with E-state index in [1.165, 1.54) is 8.92 Å². The zero-order chi connectivity index (χ0) is 15.5. The van der Waals surface area contributed by atoms with Crippen molar-refractivity contribution < 1.29 is 4.79 Å². The summed E-state index contributed by atoms with van der Waals surface area (Å²) in [6.07, 6.45) is 2.00. The van der Waals surface area contributed by atoms with Gasteiger partial charge in [0.25, 0.3) is 0 Å². The van der Waals surface area contributed by atoms with E-state index in [2.05, 4.69) is 16.4 Å². The Hall–Kier alpha value is -2.54. The minimum absolute atomic E-state index is 0.0834. The molecule has 0 aliphatic carbocycles. The molecule has 5 heteroatoms. The van der Waals surface area contributed by atoms with E-state index in [4.69, 9.17) is 5.26 Å². The molecule has 0 aliphatic heterocycles. The van der Waals surface area contributed by atoms with Gasteiger partial charge in [0.2, 0.25) is 0 Å². The number of aromatic amines is 1. The number of nitrogens with zero attached hydrogens (tertiary/aromatic N) is 1. The third-order valence-corrected chi connectivity index (χ3v) is 5.58. The summed E-state index contributed by atoms with van der Waals surface area (Å²) in [5, 5.41) is 12.6. The van der Waals surface area contributed by atoms with Crippen molar-refractivity contribution in [2.45, 2.75) is 0 Å². The minimum atomic E-state index is -0.0834. The first kappa shape index (κ1) is 14.4. The second kappa shape index (κ2) is 6.07. The number of benzene rings is 2. The van der Waals surface area contributed by atoms with Crippen LogP contribution in [0.1, 0.15) is 15.9 Å². The van der Waals surface area contributed by atoms with Crippen molar-refractivity contribution in [3.8, 4) is 6.07 Å². The SMILES string of the molecule is CNC(=O)c1ccc2[nH]cc([Se]c3ccc(C#N)cc3)c2c1. The van der Waals surface area contributed by atoms with Gasteiger partial charge >= 0.3 is 134 Å². The number of hydrogen-bond donors (Lipinski definition) is 2. The first-order valence-electron chi connectivity index (χ1n) is 6.72. The normalized spacial score (nSPS) is 10.4. The van der Waals surface area contributed by atoms with E-state index in [0.29, 0.717) is 11.1 Å². The Kier molecular flexibility index (Phi) is 3.97. The molecule has 0 atom stereocenters. The zero-order valence-electron chi connectivity index (χ0n) is 11.9. The van der Waals surface area contributed by atoms with Crippen molar-refractivity contribution in [3.63, 3.8) is 0 Å². The van der Waals surface area contributed by atoms with Crippen LogP contribution in [0, 0.1) is 11.3 Å². The predicted octanol–water partition coefficient (Wildman–Crippen LogP) is 1.05.